The molecule has 0 saturated carbocycles. The van der Waals surface area contributed by atoms with Crippen LogP contribution in [0.1, 0.15) is 5.56 Å². The van der Waals surface area contributed by atoms with E-state index in [1.807, 2.05) is 31.3 Å². The molecule has 0 bridgehead atoms. The Labute approximate surface area is 88.7 Å². The predicted molar refractivity (Wildman–Crippen MR) is 58.7 cm³/mol. The summed E-state index contributed by atoms with van der Waals surface area (Å²) in [6, 6.07) is 6.65. The minimum absolute atomic E-state index is 0.344. The molecule has 0 aliphatic rings. The predicted octanol–water partition coefficient (Wildman–Crippen LogP) is 0.615. The van der Waals surface area contributed by atoms with Crippen LogP contribution in [0.15, 0.2) is 24.3 Å². The molecule has 4 heteroatoms. The Kier molecular flexibility index (Phi) is 3.57. The van der Waals surface area contributed by atoms with Crippen LogP contribution in [0.4, 0.5) is 5.69 Å². The second kappa shape index (κ2) is 4.70. The number of aliphatic carboxylic acids is 1. The van der Waals surface area contributed by atoms with Gasteiger partial charge in [0, 0.05) is 12.1 Å². The summed E-state index contributed by atoms with van der Waals surface area (Å²) in [4.78, 5) is 10.5. The highest BCUT2D eigenvalue weighted by atomic mass is 16.4. The van der Waals surface area contributed by atoms with Crippen molar-refractivity contribution in [1.82, 2.24) is 0 Å². The number of carbonyl (C=O) groups is 1. The Hall–Kier alpha value is -1.68. The standard InChI is InChI=1S/C11H14N2O2/c1-13(2)9-5-3-8(4-6-9)7-10(12)11(14)15/h3-6,10H,1,7,12H2,2H3/p+1. The molecular weight excluding hydrogens is 192 g/mol. The summed E-state index contributed by atoms with van der Waals surface area (Å²) in [5, 5.41) is 8.64. The third-order valence-electron chi connectivity index (χ3n) is 2.15. The van der Waals surface area contributed by atoms with Crippen LogP contribution in [-0.2, 0) is 11.2 Å². The molecule has 0 aliphatic carbocycles. The van der Waals surface area contributed by atoms with Crippen molar-refractivity contribution in [2.75, 3.05) is 7.05 Å². The van der Waals surface area contributed by atoms with Gasteiger partial charge < -0.3 is 10.8 Å². The lowest BCUT2D eigenvalue weighted by Crippen LogP contribution is -2.32. The van der Waals surface area contributed by atoms with Gasteiger partial charge in [0.15, 0.2) is 0 Å². The third-order valence-corrected chi connectivity index (χ3v) is 2.15. The Morgan fingerprint density at radius 2 is 2.07 bits per heavy atom. The molecule has 0 aliphatic heterocycles. The minimum atomic E-state index is -0.978. The normalized spacial score (nSPS) is 12.1. The van der Waals surface area contributed by atoms with Crippen molar-refractivity contribution in [3.05, 3.63) is 29.8 Å². The number of nitrogens with two attached hydrogens (primary N) is 1. The molecule has 80 valence electrons. The molecule has 15 heavy (non-hydrogen) atoms. The zero-order valence-electron chi connectivity index (χ0n) is 8.68. The fourth-order valence-electron chi connectivity index (χ4n) is 1.23. The Balaban J connectivity index is 2.72. The van der Waals surface area contributed by atoms with Gasteiger partial charge in [-0.15, -0.1) is 0 Å². The zero-order valence-corrected chi connectivity index (χ0v) is 8.68. The first kappa shape index (κ1) is 11.4. The Morgan fingerprint density at radius 3 is 2.47 bits per heavy atom. The van der Waals surface area contributed by atoms with Gasteiger partial charge in [0.1, 0.15) is 19.8 Å². The van der Waals surface area contributed by atoms with Gasteiger partial charge in [0.25, 0.3) is 0 Å². The van der Waals surface area contributed by atoms with Gasteiger partial charge in [-0.3, -0.25) is 4.79 Å². The summed E-state index contributed by atoms with van der Waals surface area (Å²) in [5.41, 5.74) is 7.31. The molecule has 1 rings (SSSR count). The number of hydrogen-bond donors (Lipinski definition) is 2. The third kappa shape index (κ3) is 3.18. The molecule has 1 aromatic carbocycles. The van der Waals surface area contributed by atoms with Gasteiger partial charge in [0.2, 0.25) is 5.69 Å². The van der Waals surface area contributed by atoms with E-state index in [4.69, 9.17) is 10.8 Å². The molecule has 1 atom stereocenters. The van der Waals surface area contributed by atoms with Crippen LogP contribution >= 0.6 is 0 Å². The Morgan fingerprint density at radius 1 is 1.53 bits per heavy atom. The van der Waals surface area contributed by atoms with Crippen LogP contribution in [0, 0.1) is 0 Å². The van der Waals surface area contributed by atoms with Crippen molar-refractivity contribution in [2.24, 2.45) is 5.73 Å². The fourth-order valence-corrected chi connectivity index (χ4v) is 1.23. The van der Waals surface area contributed by atoms with Gasteiger partial charge in [-0.05, 0) is 12.0 Å². The average Bonchev–Trinajstić information content (AvgIpc) is 2.18. The number of carboxylic acids is 1. The number of nitrogens with zero attached hydrogens (tertiary/aromatic N) is 1. The van der Waals surface area contributed by atoms with Gasteiger partial charge in [-0.2, -0.15) is 0 Å². The van der Waals surface area contributed by atoms with E-state index in [1.165, 1.54) is 0 Å². The first-order chi connectivity index (χ1) is 7.00. The second-order valence-corrected chi connectivity index (χ2v) is 3.51. The highest BCUT2D eigenvalue weighted by Crippen LogP contribution is 2.12. The highest BCUT2D eigenvalue weighted by Gasteiger charge is 2.12. The topological polar surface area (TPSA) is 66.3 Å². The highest BCUT2D eigenvalue weighted by molar-refractivity contribution is 5.73. The van der Waals surface area contributed by atoms with E-state index in [-0.39, 0.29) is 0 Å². The minimum Gasteiger partial charge on any atom is -0.480 e. The van der Waals surface area contributed by atoms with Crippen LogP contribution in [-0.4, -0.2) is 35.5 Å². The van der Waals surface area contributed by atoms with Crippen LogP contribution in [0.2, 0.25) is 0 Å². The van der Waals surface area contributed by atoms with E-state index < -0.39 is 12.0 Å². The van der Waals surface area contributed by atoms with Crippen molar-refractivity contribution in [2.45, 2.75) is 12.5 Å². The summed E-state index contributed by atoms with van der Waals surface area (Å²) < 4.78 is 1.74. The van der Waals surface area contributed by atoms with Crippen molar-refractivity contribution in [3.8, 4) is 0 Å². The van der Waals surface area contributed by atoms with Gasteiger partial charge in [0.05, 0.1) is 0 Å². The summed E-state index contributed by atoms with van der Waals surface area (Å²) in [7, 11) is 1.85. The van der Waals surface area contributed by atoms with Crippen LogP contribution < -0.4 is 5.73 Å². The lowest BCUT2D eigenvalue weighted by Gasteiger charge is -2.05. The molecule has 4 nitrogen and oxygen atoms in total. The smallest absolute Gasteiger partial charge is 0.320 e. The second-order valence-electron chi connectivity index (χ2n) is 3.51. The van der Waals surface area contributed by atoms with Gasteiger partial charge in [-0.25, -0.2) is 4.58 Å². The molecule has 0 fully saturated rings. The molecule has 1 unspecified atom stereocenters. The molecule has 3 N–H and O–H groups in total. The number of rotatable bonds is 4. The van der Waals surface area contributed by atoms with Crippen molar-refractivity contribution in [1.29, 1.82) is 0 Å². The average molecular weight is 207 g/mol. The monoisotopic (exact) mass is 207 g/mol. The SMILES string of the molecule is C=[N+](C)c1ccc(CC(N)C(=O)O)cc1. The maximum atomic E-state index is 10.5. The van der Waals surface area contributed by atoms with Crippen molar-refractivity contribution in [3.63, 3.8) is 0 Å². The summed E-state index contributed by atoms with van der Waals surface area (Å²) in [6.07, 6.45) is 0.344. The van der Waals surface area contributed by atoms with Gasteiger partial charge in [-0.1, -0.05) is 12.1 Å². The molecule has 0 aromatic heterocycles. The first-order valence-corrected chi connectivity index (χ1v) is 4.62. The summed E-state index contributed by atoms with van der Waals surface area (Å²) in [5.74, 6) is -0.978. The maximum absolute atomic E-state index is 10.5. The van der Waals surface area contributed by atoms with E-state index in [9.17, 15) is 4.79 Å². The number of benzene rings is 1. The quantitative estimate of drug-likeness (QED) is 0.561. The Bertz CT molecular complexity index is 371. The molecule has 1 aromatic rings. The molecule has 0 radical (unpaired) electrons. The lowest BCUT2D eigenvalue weighted by atomic mass is 10.1. The number of hydrogen-bond acceptors (Lipinski definition) is 2. The van der Waals surface area contributed by atoms with Crippen molar-refractivity contribution < 1.29 is 14.5 Å². The molecular formula is C11H15N2O2+. The van der Waals surface area contributed by atoms with E-state index in [0.29, 0.717) is 6.42 Å². The molecule has 0 amide bonds. The molecule has 0 spiro atoms. The van der Waals surface area contributed by atoms with Gasteiger partial charge >= 0.3 is 5.97 Å². The summed E-state index contributed by atoms with van der Waals surface area (Å²) >= 11 is 0. The molecule has 0 saturated heterocycles. The van der Waals surface area contributed by atoms with Crippen molar-refractivity contribution >= 4 is 18.4 Å². The summed E-state index contributed by atoms with van der Waals surface area (Å²) in [6.45, 7) is 3.74. The first-order valence-electron chi connectivity index (χ1n) is 4.62. The van der Waals surface area contributed by atoms with E-state index in [0.717, 1.165) is 11.3 Å². The maximum Gasteiger partial charge on any atom is 0.320 e. The molecule has 0 heterocycles. The van der Waals surface area contributed by atoms with E-state index >= 15 is 0 Å². The van der Waals surface area contributed by atoms with Crippen LogP contribution in [0.25, 0.3) is 0 Å². The number of carboxylic acid groups (broad SMARTS) is 1. The fraction of sp³-hybridized carbons (Fsp3) is 0.273. The largest absolute Gasteiger partial charge is 0.480 e. The van der Waals surface area contributed by atoms with E-state index in [2.05, 4.69) is 6.72 Å². The van der Waals surface area contributed by atoms with E-state index in [1.54, 1.807) is 4.58 Å². The lowest BCUT2D eigenvalue weighted by molar-refractivity contribution is -0.394. The zero-order chi connectivity index (χ0) is 11.4. The van der Waals surface area contributed by atoms with Crippen LogP contribution in [0.5, 0.6) is 0 Å². The van der Waals surface area contributed by atoms with Crippen LogP contribution in [0.3, 0.4) is 0 Å².